The highest BCUT2D eigenvalue weighted by Crippen LogP contribution is 2.40. The molecule has 0 heterocycles. The first kappa shape index (κ1) is 23.5. The van der Waals surface area contributed by atoms with Crippen LogP contribution in [0.5, 0.6) is 0 Å². The number of hydrogen-bond acceptors (Lipinski definition) is 3. The van der Waals surface area contributed by atoms with E-state index in [1.807, 2.05) is 25.2 Å². The predicted molar refractivity (Wildman–Crippen MR) is 116 cm³/mol. The van der Waals surface area contributed by atoms with Gasteiger partial charge in [0.2, 0.25) is 0 Å². The van der Waals surface area contributed by atoms with E-state index in [0.29, 0.717) is 6.54 Å². The van der Waals surface area contributed by atoms with Crippen molar-refractivity contribution < 1.29 is 12.9 Å². The average Bonchev–Trinajstić information content (AvgIpc) is 2.56. The van der Waals surface area contributed by atoms with Gasteiger partial charge in [-0.3, -0.25) is 13.7 Å². The molecule has 0 bridgehead atoms. The highest BCUT2D eigenvalue weighted by atomic mass is 32.2. The molecule has 1 atom stereocenters. The zero-order valence-corrected chi connectivity index (χ0v) is 18.0. The fourth-order valence-electron chi connectivity index (χ4n) is 3.09. The summed E-state index contributed by atoms with van der Waals surface area (Å²) >= 11 is -2.21. The number of hydrogen-bond donors (Lipinski definition) is 1. The van der Waals surface area contributed by atoms with Gasteiger partial charge in [0, 0.05) is 6.21 Å². The van der Waals surface area contributed by atoms with E-state index in [1.54, 1.807) is 6.21 Å². The molecule has 0 saturated carbocycles. The Bertz CT molecular complexity index is 694. The summed E-state index contributed by atoms with van der Waals surface area (Å²) in [6.45, 7) is 11.5. The van der Waals surface area contributed by atoms with Crippen LogP contribution in [0.3, 0.4) is 0 Å². The van der Waals surface area contributed by atoms with Crippen LogP contribution in [0.4, 0.5) is 0 Å². The van der Waals surface area contributed by atoms with Crippen molar-refractivity contribution in [2.45, 2.75) is 53.9 Å². The number of aliphatic imine (C=N–C) groups is 1. The van der Waals surface area contributed by atoms with Gasteiger partial charge < -0.3 is 0 Å². The molecule has 4 nitrogen and oxygen atoms in total. The topological polar surface area (TPSA) is 58.9 Å². The lowest BCUT2D eigenvalue weighted by atomic mass is 9.72. The van der Waals surface area contributed by atoms with Crippen LogP contribution in [0.2, 0.25) is 0 Å². The molecule has 0 fully saturated rings. The second-order valence-corrected chi connectivity index (χ2v) is 8.21. The van der Waals surface area contributed by atoms with Crippen molar-refractivity contribution in [2.75, 3.05) is 13.2 Å². The molecule has 0 aliphatic heterocycles. The van der Waals surface area contributed by atoms with Crippen LogP contribution in [0.1, 0.15) is 53.9 Å². The largest absolute Gasteiger partial charge is 0.301 e. The first-order valence-electron chi connectivity index (χ1n) is 9.36. The molecule has 1 rings (SSSR count). The lowest BCUT2D eigenvalue weighted by molar-refractivity contribution is 0.316. The van der Waals surface area contributed by atoms with E-state index < -0.39 is 11.4 Å². The first-order chi connectivity index (χ1) is 12.7. The lowest BCUT2D eigenvalue weighted by Crippen LogP contribution is -2.19. The average molecular weight is 392 g/mol. The second kappa shape index (κ2) is 12.0. The molecule has 0 spiro atoms. The van der Waals surface area contributed by atoms with Crippen LogP contribution >= 0.6 is 0 Å². The van der Waals surface area contributed by atoms with E-state index >= 15 is 0 Å². The van der Waals surface area contributed by atoms with Crippen LogP contribution in [0, 0.1) is 5.41 Å². The summed E-state index contributed by atoms with van der Waals surface area (Å²) in [6, 6.07) is 0. The molecule has 1 N–H and O–H groups in total. The van der Waals surface area contributed by atoms with Crippen molar-refractivity contribution in [3.63, 3.8) is 0 Å². The van der Waals surface area contributed by atoms with Gasteiger partial charge in [-0.05, 0) is 62.7 Å². The van der Waals surface area contributed by atoms with Crippen molar-refractivity contribution >= 4 is 17.6 Å². The summed E-state index contributed by atoms with van der Waals surface area (Å²) in [4.78, 5) is 4.09. The highest BCUT2D eigenvalue weighted by Gasteiger charge is 2.26. The van der Waals surface area contributed by atoms with Crippen molar-refractivity contribution in [2.24, 2.45) is 10.4 Å². The summed E-state index contributed by atoms with van der Waals surface area (Å²) in [7, 11) is 0. The minimum Gasteiger partial charge on any atom is -0.291 e. The third-order valence-electron chi connectivity index (χ3n) is 4.62. The van der Waals surface area contributed by atoms with Crippen LogP contribution in [0.15, 0.2) is 63.7 Å². The normalized spacial score (nSPS) is 20.4. The van der Waals surface area contributed by atoms with Crippen molar-refractivity contribution in [3.8, 4) is 0 Å². The zero-order valence-electron chi connectivity index (χ0n) is 17.2. The van der Waals surface area contributed by atoms with Crippen molar-refractivity contribution in [1.29, 1.82) is 0 Å². The molecular formula is C22H33NO3S. The fraction of sp³-hybridized carbons (Fsp3) is 0.500. The summed E-state index contributed by atoms with van der Waals surface area (Å²) in [6.07, 6.45) is 18.0. The quantitative estimate of drug-likeness (QED) is 0.236. The summed E-state index contributed by atoms with van der Waals surface area (Å²) in [5.41, 5.74) is 5.55. The maximum atomic E-state index is 10.3. The van der Waals surface area contributed by atoms with Gasteiger partial charge in [-0.1, -0.05) is 55.4 Å². The predicted octanol–water partition coefficient (Wildman–Crippen LogP) is 5.74. The van der Waals surface area contributed by atoms with E-state index in [0.717, 1.165) is 5.57 Å². The Morgan fingerprint density at radius 3 is 2.63 bits per heavy atom. The molecule has 0 aromatic carbocycles. The van der Waals surface area contributed by atoms with Crippen molar-refractivity contribution in [1.82, 2.24) is 0 Å². The number of rotatable bonds is 9. The Labute approximate surface area is 167 Å². The molecule has 0 aromatic heterocycles. The van der Waals surface area contributed by atoms with Gasteiger partial charge in [-0.2, -0.15) is 4.21 Å². The maximum absolute atomic E-state index is 10.3. The highest BCUT2D eigenvalue weighted by molar-refractivity contribution is 7.74. The monoisotopic (exact) mass is 391 g/mol. The number of allylic oxidation sites excluding steroid dienone is 10. The molecule has 1 unspecified atom stereocenters. The Morgan fingerprint density at radius 1 is 1.26 bits per heavy atom. The van der Waals surface area contributed by atoms with Crippen LogP contribution in [-0.4, -0.2) is 28.1 Å². The molecule has 1 aliphatic carbocycles. The minimum atomic E-state index is -2.21. The molecule has 27 heavy (non-hydrogen) atoms. The van der Waals surface area contributed by atoms with Crippen LogP contribution < -0.4 is 0 Å². The molecule has 0 amide bonds. The van der Waals surface area contributed by atoms with Gasteiger partial charge in [0.25, 0.3) is 0 Å². The molecule has 1 aliphatic rings. The van der Waals surface area contributed by atoms with Crippen molar-refractivity contribution in [3.05, 3.63) is 58.7 Å². The van der Waals surface area contributed by atoms with E-state index in [2.05, 4.69) is 55.1 Å². The molecule has 0 saturated heterocycles. The molecule has 5 heteroatoms. The maximum Gasteiger partial charge on any atom is 0.301 e. The van der Waals surface area contributed by atoms with E-state index in [-0.39, 0.29) is 12.0 Å². The second-order valence-electron chi connectivity index (χ2n) is 7.54. The minimum absolute atomic E-state index is 0.128. The Balaban J connectivity index is 2.56. The summed E-state index contributed by atoms with van der Waals surface area (Å²) < 4.78 is 23.2. The van der Waals surface area contributed by atoms with E-state index in [1.165, 1.54) is 36.0 Å². The zero-order chi connectivity index (χ0) is 20.3. The van der Waals surface area contributed by atoms with Gasteiger partial charge >= 0.3 is 11.4 Å². The van der Waals surface area contributed by atoms with Gasteiger partial charge in [-0.25, -0.2) is 0 Å². The van der Waals surface area contributed by atoms with E-state index in [4.69, 9.17) is 4.55 Å². The molecule has 0 aromatic rings. The third kappa shape index (κ3) is 9.80. The Kier molecular flexibility index (Phi) is 10.4. The molecule has 150 valence electrons. The van der Waals surface area contributed by atoms with Gasteiger partial charge in [0.15, 0.2) is 0 Å². The summed E-state index contributed by atoms with van der Waals surface area (Å²) in [5.74, 6) is 0. The molecular weight excluding hydrogens is 358 g/mol. The lowest BCUT2D eigenvalue weighted by Gasteiger charge is -2.32. The van der Waals surface area contributed by atoms with Crippen LogP contribution in [0.25, 0.3) is 0 Å². The van der Waals surface area contributed by atoms with Gasteiger partial charge in [0.1, 0.15) is 0 Å². The molecule has 0 radical (unpaired) electrons. The third-order valence-corrected chi connectivity index (χ3v) is 4.99. The van der Waals surface area contributed by atoms with Gasteiger partial charge in [-0.15, -0.1) is 0 Å². The van der Waals surface area contributed by atoms with Crippen LogP contribution in [-0.2, 0) is 15.5 Å². The fourth-order valence-corrected chi connectivity index (χ4v) is 3.31. The Hall–Kier alpha value is -1.56. The number of nitrogens with zero attached hydrogens (tertiary/aromatic N) is 1. The summed E-state index contributed by atoms with van der Waals surface area (Å²) in [5, 5.41) is 0. The smallest absolute Gasteiger partial charge is 0.291 e. The van der Waals surface area contributed by atoms with E-state index in [9.17, 15) is 4.21 Å². The SMILES string of the molecule is CC1=C(/C=C/C(C)=C/C=C\C(C)=C\C=NCCOS(=O)O)C(C)(C)CCC1. The van der Waals surface area contributed by atoms with Gasteiger partial charge in [0.05, 0.1) is 13.2 Å². The standard InChI is InChI=1S/C22H33NO3S/c1-18(11-12-21-20(3)10-7-14-22(21,4)5)8-6-9-19(2)13-15-23-16-17-26-27(24)25/h6,8-9,11-13,15H,7,10,14,16-17H2,1-5H3,(H,24,25)/b9-6-,12-11+,18-8+,19-13+,23-15?. The first-order valence-corrected chi connectivity index (χ1v) is 10.4. The Morgan fingerprint density at radius 2 is 1.96 bits per heavy atom.